The van der Waals surface area contributed by atoms with Crippen molar-refractivity contribution in [1.82, 2.24) is 0 Å². The van der Waals surface area contributed by atoms with Crippen LogP contribution < -0.4 is 4.74 Å². The first kappa shape index (κ1) is 13.8. The smallest absolute Gasteiger partial charge is 0.344 e. The van der Waals surface area contributed by atoms with E-state index < -0.39 is 18.4 Å². The molecule has 0 aromatic heterocycles. The summed E-state index contributed by atoms with van der Waals surface area (Å²) in [5.74, 6) is -0.299. The van der Waals surface area contributed by atoms with Gasteiger partial charge in [-0.3, -0.25) is 4.99 Å². The molecular weight excluding hydrogens is 278 g/mol. The second kappa shape index (κ2) is 6.51. The van der Waals surface area contributed by atoms with Gasteiger partial charge in [-0.1, -0.05) is 20.8 Å². The molecule has 0 radical (unpaired) electrons. The Morgan fingerprint density at radius 3 is 2.82 bits per heavy atom. The summed E-state index contributed by atoms with van der Waals surface area (Å²) in [6, 6.07) is 5.47. The molecule has 120 valence electrons. The molecule has 0 amide bonds. The molecule has 0 N–H and O–H groups in total. The van der Waals surface area contributed by atoms with E-state index in [-0.39, 0.29) is 12.0 Å². The Kier molecular flexibility index (Phi) is 4.08. The molecule has 1 aliphatic rings. The van der Waals surface area contributed by atoms with Gasteiger partial charge in [0.25, 0.3) is 0 Å². The topological polar surface area (TPSA) is 47.9 Å². The summed E-state index contributed by atoms with van der Waals surface area (Å²) in [6.45, 7) is 8.03. The number of carbonyl (C=O) groups excluding carboxylic acids is 1. The lowest BCUT2D eigenvalue weighted by Gasteiger charge is -2.34. The summed E-state index contributed by atoms with van der Waals surface area (Å²) in [5.41, 5.74) is 2.14. The third-order valence-electron chi connectivity index (χ3n) is 3.61. The number of hydrogen-bond donors (Lipinski definition) is 0. The standard InChI is InChI=1S/C18H25NO3/c1-6-21-17(20)11-22-13-7-8-14-12(2)19-10-16(15(14)9-13)18(3,4)5/h7-9,16H,6,10-11H2,1-5H3/i10D2. The molecule has 1 aromatic rings. The lowest BCUT2D eigenvalue weighted by Crippen LogP contribution is -2.26. The van der Waals surface area contributed by atoms with Crippen LogP contribution in [0.2, 0.25) is 0 Å². The second-order valence-electron chi connectivity index (χ2n) is 6.47. The highest BCUT2D eigenvalue weighted by molar-refractivity contribution is 6.01. The van der Waals surface area contributed by atoms with Crippen LogP contribution in [0.5, 0.6) is 5.75 Å². The largest absolute Gasteiger partial charge is 0.482 e. The van der Waals surface area contributed by atoms with E-state index in [1.807, 2.05) is 39.8 Å². The average Bonchev–Trinajstić information content (AvgIpc) is 2.42. The van der Waals surface area contributed by atoms with Crippen molar-refractivity contribution < 1.29 is 17.0 Å². The Bertz CT molecular complexity index is 663. The average molecular weight is 305 g/mol. The van der Waals surface area contributed by atoms with E-state index in [0.29, 0.717) is 18.1 Å². The van der Waals surface area contributed by atoms with Gasteiger partial charge in [-0.25, -0.2) is 4.79 Å². The lowest BCUT2D eigenvalue weighted by molar-refractivity contribution is -0.145. The van der Waals surface area contributed by atoms with Crippen molar-refractivity contribution in [2.45, 2.75) is 40.5 Å². The fourth-order valence-corrected chi connectivity index (χ4v) is 2.50. The van der Waals surface area contributed by atoms with E-state index in [1.165, 1.54) is 0 Å². The SMILES string of the molecule is [2H]C1([2H])N=C(C)c2ccc(OCC(=O)OCC)cc2C1C(C)(C)C. The maximum absolute atomic E-state index is 11.5. The van der Waals surface area contributed by atoms with Gasteiger partial charge >= 0.3 is 5.97 Å². The Morgan fingerprint density at radius 2 is 2.18 bits per heavy atom. The van der Waals surface area contributed by atoms with Crippen LogP contribution >= 0.6 is 0 Å². The summed E-state index contributed by atoms with van der Waals surface area (Å²) in [6.07, 6.45) is 0. The molecular formula is C18H25NO3. The molecule has 4 heteroatoms. The van der Waals surface area contributed by atoms with Crippen LogP contribution in [0.25, 0.3) is 0 Å². The zero-order valence-corrected chi connectivity index (χ0v) is 13.9. The molecule has 4 nitrogen and oxygen atoms in total. The number of rotatable bonds is 4. The molecule has 1 atom stereocenters. The van der Waals surface area contributed by atoms with Crippen LogP contribution in [0.4, 0.5) is 0 Å². The summed E-state index contributed by atoms with van der Waals surface area (Å²) in [4.78, 5) is 15.7. The Hall–Kier alpha value is -1.84. The molecule has 1 aromatic carbocycles. The van der Waals surface area contributed by atoms with E-state index in [4.69, 9.17) is 12.2 Å². The van der Waals surface area contributed by atoms with Crippen LogP contribution in [0.3, 0.4) is 0 Å². The van der Waals surface area contributed by atoms with Crippen LogP contribution in [-0.4, -0.2) is 31.4 Å². The van der Waals surface area contributed by atoms with Crippen molar-refractivity contribution in [3.05, 3.63) is 29.3 Å². The minimum Gasteiger partial charge on any atom is -0.482 e. The molecule has 0 fully saturated rings. The number of ether oxygens (including phenoxy) is 2. The number of carbonyl (C=O) groups is 1. The quantitative estimate of drug-likeness (QED) is 0.799. The second-order valence-corrected chi connectivity index (χ2v) is 6.47. The van der Waals surface area contributed by atoms with Gasteiger partial charge in [0, 0.05) is 18.1 Å². The molecule has 0 saturated heterocycles. The maximum atomic E-state index is 11.5. The lowest BCUT2D eigenvalue weighted by atomic mass is 9.73. The summed E-state index contributed by atoms with van der Waals surface area (Å²) in [7, 11) is 0. The van der Waals surface area contributed by atoms with Crippen LogP contribution in [0.1, 0.15) is 54.4 Å². The van der Waals surface area contributed by atoms with Crippen molar-refractivity contribution >= 4 is 11.7 Å². The highest BCUT2D eigenvalue weighted by Gasteiger charge is 2.31. The summed E-state index contributed by atoms with van der Waals surface area (Å²) in [5, 5.41) is 0. The third-order valence-corrected chi connectivity index (χ3v) is 3.61. The Morgan fingerprint density at radius 1 is 1.45 bits per heavy atom. The van der Waals surface area contributed by atoms with E-state index in [2.05, 4.69) is 4.99 Å². The van der Waals surface area contributed by atoms with Crippen molar-refractivity contribution in [2.75, 3.05) is 19.7 Å². The van der Waals surface area contributed by atoms with Gasteiger partial charge < -0.3 is 9.47 Å². The van der Waals surface area contributed by atoms with Gasteiger partial charge in [-0.2, -0.15) is 0 Å². The maximum Gasteiger partial charge on any atom is 0.344 e. The van der Waals surface area contributed by atoms with Crippen molar-refractivity contribution in [1.29, 1.82) is 0 Å². The molecule has 1 heterocycles. The van der Waals surface area contributed by atoms with E-state index in [9.17, 15) is 4.79 Å². The molecule has 22 heavy (non-hydrogen) atoms. The van der Waals surface area contributed by atoms with Gasteiger partial charge in [-0.15, -0.1) is 0 Å². The summed E-state index contributed by atoms with van der Waals surface area (Å²) < 4.78 is 27.1. The zero-order valence-electron chi connectivity index (χ0n) is 15.9. The van der Waals surface area contributed by atoms with E-state index >= 15 is 0 Å². The van der Waals surface area contributed by atoms with Gasteiger partial charge in [0.2, 0.25) is 0 Å². The van der Waals surface area contributed by atoms with Crippen molar-refractivity contribution in [2.24, 2.45) is 10.4 Å². The molecule has 0 saturated carbocycles. The predicted octanol–water partition coefficient (Wildman–Crippen LogP) is 3.58. The Labute approximate surface area is 135 Å². The first-order chi connectivity index (χ1) is 11.1. The molecule has 2 rings (SSSR count). The monoisotopic (exact) mass is 305 g/mol. The molecule has 0 aliphatic carbocycles. The molecule has 0 bridgehead atoms. The highest BCUT2D eigenvalue weighted by Crippen LogP contribution is 2.40. The van der Waals surface area contributed by atoms with Gasteiger partial charge in [0.15, 0.2) is 6.61 Å². The van der Waals surface area contributed by atoms with Gasteiger partial charge in [-0.05, 0) is 48.6 Å². The molecule has 1 aliphatic heterocycles. The van der Waals surface area contributed by atoms with Crippen LogP contribution in [0.15, 0.2) is 23.2 Å². The fourth-order valence-electron chi connectivity index (χ4n) is 2.50. The summed E-state index contributed by atoms with van der Waals surface area (Å²) >= 11 is 0. The minimum absolute atomic E-state index is 0.160. The van der Waals surface area contributed by atoms with E-state index in [1.54, 1.807) is 13.0 Å². The predicted molar refractivity (Wildman–Crippen MR) is 87.8 cm³/mol. The van der Waals surface area contributed by atoms with Crippen molar-refractivity contribution in [3.8, 4) is 5.75 Å². The zero-order chi connectivity index (χ0) is 18.1. The van der Waals surface area contributed by atoms with Gasteiger partial charge in [0.05, 0.1) is 9.35 Å². The number of fused-ring (bicyclic) bond motifs is 1. The molecule has 0 spiro atoms. The third kappa shape index (κ3) is 3.67. The number of aliphatic imine (C=N–C) groups is 1. The Balaban J connectivity index is 2.38. The number of nitrogens with zero attached hydrogens (tertiary/aromatic N) is 1. The van der Waals surface area contributed by atoms with Crippen LogP contribution in [-0.2, 0) is 9.53 Å². The number of esters is 1. The number of benzene rings is 1. The number of hydrogen-bond acceptors (Lipinski definition) is 4. The van der Waals surface area contributed by atoms with Gasteiger partial charge in [0.1, 0.15) is 5.75 Å². The minimum atomic E-state index is -1.69. The van der Waals surface area contributed by atoms with Crippen LogP contribution in [0, 0.1) is 5.41 Å². The highest BCUT2D eigenvalue weighted by atomic mass is 16.6. The first-order valence-corrected chi connectivity index (χ1v) is 7.55. The van der Waals surface area contributed by atoms with Crippen molar-refractivity contribution in [3.63, 3.8) is 0 Å². The molecule has 1 unspecified atom stereocenters. The normalized spacial score (nSPS) is 21.1. The fraction of sp³-hybridized carbons (Fsp3) is 0.556. The first-order valence-electron chi connectivity index (χ1n) is 8.55. The van der Waals surface area contributed by atoms with E-state index in [0.717, 1.165) is 11.1 Å².